The second kappa shape index (κ2) is 4.02. The summed E-state index contributed by atoms with van der Waals surface area (Å²) in [6.07, 6.45) is 3.40. The average molecular weight is 224 g/mol. The van der Waals surface area contributed by atoms with Gasteiger partial charge in [-0.25, -0.2) is 0 Å². The third-order valence-electron chi connectivity index (χ3n) is 4.63. The van der Waals surface area contributed by atoms with Gasteiger partial charge in [-0.05, 0) is 36.5 Å². The number of nitrogens with zero attached hydrogens (tertiary/aromatic N) is 1. The van der Waals surface area contributed by atoms with Crippen molar-refractivity contribution < 1.29 is 4.79 Å². The van der Waals surface area contributed by atoms with Crippen molar-refractivity contribution >= 4 is 5.91 Å². The molecule has 2 N–H and O–H groups in total. The van der Waals surface area contributed by atoms with Gasteiger partial charge >= 0.3 is 0 Å². The molecular weight excluding hydrogens is 200 g/mol. The molecule has 0 aromatic carbocycles. The molecule has 2 atom stereocenters. The van der Waals surface area contributed by atoms with Crippen LogP contribution in [-0.4, -0.2) is 29.9 Å². The zero-order valence-electron chi connectivity index (χ0n) is 10.7. The summed E-state index contributed by atoms with van der Waals surface area (Å²) in [7, 11) is 0. The minimum absolute atomic E-state index is 0.187. The number of nitrogens with two attached hydrogens (primary N) is 1. The number of carbonyl (C=O) groups excluding carboxylic acids is 1. The minimum Gasteiger partial charge on any atom is -0.341 e. The van der Waals surface area contributed by atoms with Crippen molar-refractivity contribution in [2.45, 2.75) is 46.1 Å². The van der Waals surface area contributed by atoms with E-state index in [0.717, 1.165) is 32.4 Å². The molecule has 0 unspecified atom stereocenters. The lowest BCUT2D eigenvalue weighted by molar-refractivity contribution is -0.132. The Kier molecular flexibility index (Phi) is 2.99. The van der Waals surface area contributed by atoms with Crippen molar-refractivity contribution in [3.8, 4) is 0 Å². The first-order chi connectivity index (χ1) is 7.44. The molecule has 0 spiro atoms. The van der Waals surface area contributed by atoms with E-state index in [1.54, 1.807) is 0 Å². The summed E-state index contributed by atoms with van der Waals surface area (Å²) in [5.41, 5.74) is 6.27. The van der Waals surface area contributed by atoms with E-state index < -0.39 is 0 Å². The van der Waals surface area contributed by atoms with Gasteiger partial charge in [0, 0.05) is 13.1 Å². The zero-order valence-corrected chi connectivity index (χ0v) is 10.7. The predicted octanol–water partition coefficient (Wildman–Crippen LogP) is 1.62. The SMILES string of the molecule is CC(C)[C@@]1(C)CCN(C(=O)[C@H](N)C2CC2)C1. The summed E-state index contributed by atoms with van der Waals surface area (Å²) in [4.78, 5) is 14.1. The van der Waals surface area contributed by atoms with Gasteiger partial charge < -0.3 is 10.6 Å². The van der Waals surface area contributed by atoms with Crippen LogP contribution in [0.25, 0.3) is 0 Å². The lowest BCUT2D eigenvalue weighted by Gasteiger charge is -2.29. The van der Waals surface area contributed by atoms with Crippen molar-refractivity contribution in [2.24, 2.45) is 23.0 Å². The van der Waals surface area contributed by atoms with E-state index in [2.05, 4.69) is 20.8 Å². The molecule has 0 aromatic heterocycles. The lowest BCUT2D eigenvalue weighted by atomic mass is 9.78. The van der Waals surface area contributed by atoms with Gasteiger partial charge in [-0.2, -0.15) is 0 Å². The Morgan fingerprint density at radius 2 is 2.06 bits per heavy atom. The van der Waals surface area contributed by atoms with Crippen molar-refractivity contribution in [3.63, 3.8) is 0 Å². The number of hydrogen-bond acceptors (Lipinski definition) is 2. The van der Waals surface area contributed by atoms with Gasteiger partial charge in [0.2, 0.25) is 5.91 Å². The Bertz CT molecular complexity index is 286. The first kappa shape index (κ1) is 11.9. The molecule has 1 aliphatic carbocycles. The summed E-state index contributed by atoms with van der Waals surface area (Å²) in [5, 5.41) is 0. The van der Waals surface area contributed by atoms with Crippen LogP contribution in [0.4, 0.5) is 0 Å². The zero-order chi connectivity index (χ0) is 11.9. The van der Waals surface area contributed by atoms with Crippen LogP contribution >= 0.6 is 0 Å². The van der Waals surface area contributed by atoms with E-state index in [4.69, 9.17) is 5.73 Å². The quantitative estimate of drug-likeness (QED) is 0.792. The van der Waals surface area contributed by atoms with Crippen LogP contribution in [0.5, 0.6) is 0 Å². The average Bonchev–Trinajstić information content (AvgIpc) is 3.00. The van der Waals surface area contributed by atoms with Crippen LogP contribution in [-0.2, 0) is 4.79 Å². The largest absolute Gasteiger partial charge is 0.341 e. The Morgan fingerprint density at radius 1 is 1.44 bits per heavy atom. The molecule has 1 saturated carbocycles. The molecule has 3 nitrogen and oxygen atoms in total. The first-order valence-electron chi connectivity index (χ1n) is 6.48. The molecule has 1 aliphatic heterocycles. The summed E-state index contributed by atoms with van der Waals surface area (Å²) in [5.74, 6) is 1.28. The van der Waals surface area contributed by atoms with Gasteiger partial charge in [0.25, 0.3) is 0 Å². The monoisotopic (exact) mass is 224 g/mol. The Hall–Kier alpha value is -0.570. The fourth-order valence-corrected chi connectivity index (χ4v) is 2.51. The maximum Gasteiger partial charge on any atom is 0.239 e. The highest BCUT2D eigenvalue weighted by Gasteiger charge is 2.42. The highest BCUT2D eigenvalue weighted by molar-refractivity contribution is 5.82. The second-order valence-electron chi connectivity index (χ2n) is 6.18. The minimum atomic E-state index is -0.227. The normalized spacial score (nSPS) is 32.2. The smallest absolute Gasteiger partial charge is 0.239 e. The first-order valence-corrected chi connectivity index (χ1v) is 6.48. The number of amides is 1. The van der Waals surface area contributed by atoms with Gasteiger partial charge in [0.1, 0.15) is 0 Å². The highest BCUT2D eigenvalue weighted by atomic mass is 16.2. The van der Waals surface area contributed by atoms with E-state index in [9.17, 15) is 4.79 Å². The molecule has 92 valence electrons. The third kappa shape index (κ3) is 2.10. The van der Waals surface area contributed by atoms with Crippen LogP contribution in [0.3, 0.4) is 0 Å². The molecule has 0 bridgehead atoms. The van der Waals surface area contributed by atoms with E-state index in [-0.39, 0.29) is 11.9 Å². The standard InChI is InChI=1S/C13H24N2O/c1-9(2)13(3)6-7-15(8-13)12(16)11(14)10-4-5-10/h9-11H,4-8,14H2,1-3H3/t11-,13+/m1/s1. The Morgan fingerprint density at radius 3 is 2.50 bits per heavy atom. The van der Waals surface area contributed by atoms with Crippen LogP contribution < -0.4 is 5.73 Å². The molecular formula is C13H24N2O. The van der Waals surface area contributed by atoms with Crippen molar-refractivity contribution in [1.29, 1.82) is 0 Å². The lowest BCUT2D eigenvalue weighted by Crippen LogP contribution is -2.45. The molecule has 2 fully saturated rings. The molecule has 3 heteroatoms. The third-order valence-corrected chi connectivity index (χ3v) is 4.63. The molecule has 1 saturated heterocycles. The Balaban J connectivity index is 1.95. The summed E-state index contributed by atoms with van der Waals surface area (Å²) in [6, 6.07) is -0.227. The van der Waals surface area contributed by atoms with Gasteiger partial charge in [-0.3, -0.25) is 4.79 Å². The van der Waals surface area contributed by atoms with Gasteiger partial charge in [-0.1, -0.05) is 20.8 Å². The maximum atomic E-state index is 12.1. The van der Waals surface area contributed by atoms with Gasteiger partial charge in [0.15, 0.2) is 0 Å². The van der Waals surface area contributed by atoms with E-state index in [0.29, 0.717) is 17.3 Å². The van der Waals surface area contributed by atoms with Crippen LogP contribution in [0.2, 0.25) is 0 Å². The van der Waals surface area contributed by atoms with E-state index >= 15 is 0 Å². The van der Waals surface area contributed by atoms with Crippen LogP contribution in [0.15, 0.2) is 0 Å². The van der Waals surface area contributed by atoms with Crippen LogP contribution in [0.1, 0.15) is 40.0 Å². The molecule has 0 aromatic rings. The highest BCUT2D eigenvalue weighted by Crippen LogP contribution is 2.38. The van der Waals surface area contributed by atoms with Crippen LogP contribution in [0, 0.1) is 17.3 Å². The van der Waals surface area contributed by atoms with Gasteiger partial charge in [0.05, 0.1) is 6.04 Å². The Labute approximate surface area is 98.4 Å². The number of likely N-dealkylation sites (tertiary alicyclic amines) is 1. The van der Waals surface area contributed by atoms with Gasteiger partial charge in [-0.15, -0.1) is 0 Å². The van der Waals surface area contributed by atoms with E-state index in [1.807, 2.05) is 4.90 Å². The topological polar surface area (TPSA) is 46.3 Å². The molecule has 16 heavy (non-hydrogen) atoms. The fraction of sp³-hybridized carbons (Fsp3) is 0.923. The number of carbonyl (C=O) groups is 1. The summed E-state index contributed by atoms with van der Waals surface area (Å²) in [6.45, 7) is 8.56. The fourth-order valence-electron chi connectivity index (χ4n) is 2.51. The molecule has 0 radical (unpaired) electrons. The maximum absolute atomic E-state index is 12.1. The molecule has 1 heterocycles. The van der Waals surface area contributed by atoms with Crippen molar-refractivity contribution in [3.05, 3.63) is 0 Å². The molecule has 2 aliphatic rings. The molecule has 1 amide bonds. The van der Waals surface area contributed by atoms with E-state index in [1.165, 1.54) is 0 Å². The molecule has 2 rings (SSSR count). The second-order valence-corrected chi connectivity index (χ2v) is 6.18. The summed E-state index contributed by atoms with van der Waals surface area (Å²) >= 11 is 0. The van der Waals surface area contributed by atoms with Crippen molar-refractivity contribution in [2.75, 3.05) is 13.1 Å². The van der Waals surface area contributed by atoms with Crippen molar-refractivity contribution in [1.82, 2.24) is 4.90 Å². The number of hydrogen-bond donors (Lipinski definition) is 1. The number of rotatable bonds is 3. The summed E-state index contributed by atoms with van der Waals surface area (Å²) < 4.78 is 0. The predicted molar refractivity (Wildman–Crippen MR) is 64.8 cm³/mol.